The van der Waals surface area contributed by atoms with Crippen molar-refractivity contribution in [2.24, 2.45) is 10.6 Å². The maximum Gasteiger partial charge on any atom is 0.412 e. The van der Waals surface area contributed by atoms with Crippen LogP contribution in [0.4, 0.5) is 32.0 Å². The molecule has 244 valence electrons. The van der Waals surface area contributed by atoms with E-state index in [1.54, 1.807) is 0 Å². The Morgan fingerprint density at radius 2 is 1.64 bits per heavy atom. The smallest absolute Gasteiger partial charge is 0.412 e. The Bertz CT molecular complexity index is 1620. The standard InChI is InChI=1S/C28H27F6N3O7S/c1-4-17-5-7-18(8-6-17)23(39)44-14-13-22(38)25(28(32,33)34)15-20(27(29,30)31)16-26(45(35,42)43,24(25)36(2)3)19-9-11-21(12-10-19)37(40)41/h4-12,16,24H,1,13-15H2,2-3H3,(H2,35,42,43). The number of carbonyl (C=O) groups is 2. The maximum absolute atomic E-state index is 15.3. The third-order valence-electron chi connectivity index (χ3n) is 7.56. The number of halogens is 6. The van der Waals surface area contributed by atoms with E-state index < -0.39 is 91.5 Å². The van der Waals surface area contributed by atoms with Gasteiger partial charge in [0.15, 0.2) is 5.78 Å². The number of primary sulfonamides is 1. The predicted molar refractivity (Wildman–Crippen MR) is 149 cm³/mol. The average Bonchev–Trinajstić information content (AvgIpc) is 2.94. The Morgan fingerprint density at radius 3 is 2.07 bits per heavy atom. The number of benzene rings is 2. The van der Waals surface area contributed by atoms with Gasteiger partial charge in [-0.1, -0.05) is 36.9 Å². The van der Waals surface area contributed by atoms with Crippen molar-refractivity contribution in [2.45, 2.75) is 36.0 Å². The molecule has 0 aromatic heterocycles. The minimum Gasteiger partial charge on any atom is -0.462 e. The number of ether oxygens (including phenoxy) is 1. The number of allylic oxidation sites excluding steroid dienone is 1. The molecule has 0 radical (unpaired) electrons. The number of nitrogens with two attached hydrogens (primary N) is 1. The molecule has 1 aliphatic carbocycles. The molecule has 45 heavy (non-hydrogen) atoms. The monoisotopic (exact) mass is 663 g/mol. The number of alkyl halides is 6. The number of esters is 1. The van der Waals surface area contributed by atoms with Gasteiger partial charge in [-0.3, -0.25) is 14.9 Å². The number of nitro groups is 1. The van der Waals surface area contributed by atoms with E-state index in [2.05, 4.69) is 6.58 Å². The summed E-state index contributed by atoms with van der Waals surface area (Å²) in [6.45, 7) is 2.55. The second kappa shape index (κ2) is 12.4. The summed E-state index contributed by atoms with van der Waals surface area (Å²) in [5.74, 6) is -2.96. The lowest BCUT2D eigenvalue weighted by atomic mass is 9.60. The van der Waals surface area contributed by atoms with Gasteiger partial charge in [0.1, 0.15) is 10.2 Å². The van der Waals surface area contributed by atoms with E-state index in [1.807, 2.05) is 0 Å². The van der Waals surface area contributed by atoms with Crippen molar-refractivity contribution in [1.29, 1.82) is 0 Å². The number of hydrogen-bond acceptors (Lipinski definition) is 8. The molecule has 10 nitrogen and oxygen atoms in total. The highest BCUT2D eigenvalue weighted by Crippen LogP contribution is 2.60. The SMILES string of the molecule is C=Cc1ccc(C(=O)OCCC(=O)C2(C(F)(F)F)CC(C(F)(F)F)=CC(c3ccc([N+](=O)[O-])cc3)(S(N)(=O)=O)C2N(C)C)cc1. The molecule has 2 aromatic carbocycles. The summed E-state index contributed by atoms with van der Waals surface area (Å²) in [5.41, 5.74) is -6.96. The van der Waals surface area contributed by atoms with Crippen LogP contribution < -0.4 is 5.14 Å². The Labute approximate surface area is 253 Å². The first-order valence-electron chi connectivity index (χ1n) is 12.9. The molecule has 0 heterocycles. The van der Waals surface area contributed by atoms with Crippen LogP contribution >= 0.6 is 0 Å². The number of Topliss-reactive ketones (excluding diaryl/α,β-unsaturated/α-hetero) is 1. The van der Waals surface area contributed by atoms with Crippen LogP contribution in [0.1, 0.15) is 34.3 Å². The molecule has 3 atom stereocenters. The molecule has 3 rings (SSSR count). The van der Waals surface area contributed by atoms with E-state index >= 15 is 13.2 Å². The molecule has 0 fully saturated rings. The molecular formula is C28H27F6N3O7S. The quantitative estimate of drug-likeness (QED) is 0.124. The number of nitro benzene ring substituents is 1. The highest BCUT2D eigenvalue weighted by Gasteiger charge is 2.74. The number of non-ortho nitro benzene ring substituents is 1. The van der Waals surface area contributed by atoms with Gasteiger partial charge in [-0.2, -0.15) is 26.3 Å². The second-order valence-corrected chi connectivity index (χ2v) is 12.2. The lowest BCUT2D eigenvalue weighted by molar-refractivity contribution is -0.384. The Hall–Kier alpha value is -4.09. The molecule has 2 N–H and O–H groups in total. The second-order valence-electron chi connectivity index (χ2n) is 10.5. The molecule has 17 heteroatoms. The summed E-state index contributed by atoms with van der Waals surface area (Å²) in [5, 5.41) is 16.6. The number of sulfonamides is 1. The Balaban J connectivity index is 2.24. The van der Waals surface area contributed by atoms with Crippen molar-refractivity contribution in [3.05, 3.63) is 93.6 Å². The van der Waals surface area contributed by atoms with Crippen LogP contribution in [0.25, 0.3) is 6.08 Å². The summed E-state index contributed by atoms with van der Waals surface area (Å²) >= 11 is 0. The van der Waals surface area contributed by atoms with Crippen LogP contribution in [0, 0.1) is 15.5 Å². The molecule has 0 spiro atoms. The zero-order chi connectivity index (χ0) is 34.2. The fraction of sp³-hybridized carbons (Fsp3) is 0.357. The molecular weight excluding hydrogens is 636 g/mol. The number of rotatable bonds is 10. The van der Waals surface area contributed by atoms with E-state index in [0.717, 1.165) is 14.1 Å². The van der Waals surface area contributed by atoms with Crippen molar-refractivity contribution >= 4 is 33.5 Å². The molecule has 0 saturated carbocycles. The number of likely N-dealkylation sites (N-methyl/N-ethyl adjacent to an activating group) is 1. The summed E-state index contributed by atoms with van der Waals surface area (Å²) in [7, 11) is -3.69. The van der Waals surface area contributed by atoms with Gasteiger partial charge in [0.2, 0.25) is 10.0 Å². The van der Waals surface area contributed by atoms with E-state index in [4.69, 9.17) is 9.88 Å². The van der Waals surface area contributed by atoms with E-state index in [-0.39, 0.29) is 11.6 Å². The Morgan fingerprint density at radius 1 is 1.09 bits per heavy atom. The topological polar surface area (TPSA) is 150 Å². The van der Waals surface area contributed by atoms with Crippen molar-refractivity contribution in [3.63, 3.8) is 0 Å². The van der Waals surface area contributed by atoms with Gasteiger partial charge in [-0.05, 0) is 43.4 Å². The van der Waals surface area contributed by atoms with Crippen molar-refractivity contribution < 1.29 is 54.0 Å². The fourth-order valence-electron chi connectivity index (χ4n) is 5.61. The molecule has 0 amide bonds. The molecule has 2 aromatic rings. The minimum absolute atomic E-state index is 0.0262. The fourth-order valence-corrected chi connectivity index (χ4v) is 7.10. The Kier molecular flexibility index (Phi) is 9.72. The van der Waals surface area contributed by atoms with Crippen molar-refractivity contribution in [3.8, 4) is 0 Å². The molecule has 0 aliphatic heterocycles. The lowest BCUT2D eigenvalue weighted by Gasteiger charge is -2.54. The lowest BCUT2D eigenvalue weighted by Crippen LogP contribution is -2.70. The number of ketones is 1. The highest BCUT2D eigenvalue weighted by molar-refractivity contribution is 7.90. The van der Waals surface area contributed by atoms with Crippen LogP contribution in [0.2, 0.25) is 0 Å². The zero-order valence-electron chi connectivity index (χ0n) is 23.7. The molecule has 3 unspecified atom stereocenters. The van der Waals surface area contributed by atoms with Gasteiger partial charge < -0.3 is 9.64 Å². The third kappa shape index (κ3) is 6.50. The summed E-state index contributed by atoms with van der Waals surface area (Å²) < 4.78 is 117. The van der Waals surface area contributed by atoms with Gasteiger partial charge in [-0.15, -0.1) is 0 Å². The average molecular weight is 664 g/mol. The third-order valence-corrected chi connectivity index (χ3v) is 9.08. The number of hydrogen-bond donors (Lipinski definition) is 1. The van der Waals surface area contributed by atoms with Gasteiger partial charge in [0.25, 0.3) is 5.69 Å². The van der Waals surface area contributed by atoms with Crippen LogP contribution in [0.15, 0.2) is 66.8 Å². The molecule has 0 bridgehead atoms. The first-order valence-corrected chi connectivity index (χ1v) is 14.4. The first kappa shape index (κ1) is 35.4. The van der Waals surface area contributed by atoms with Gasteiger partial charge in [-0.25, -0.2) is 18.4 Å². The summed E-state index contributed by atoms with van der Waals surface area (Å²) in [4.78, 5) is 37.0. The minimum atomic E-state index is -5.83. The highest BCUT2D eigenvalue weighted by atomic mass is 32.2. The van der Waals surface area contributed by atoms with E-state index in [9.17, 15) is 41.3 Å². The van der Waals surface area contributed by atoms with Crippen LogP contribution in [0.3, 0.4) is 0 Å². The van der Waals surface area contributed by atoms with E-state index in [1.165, 1.54) is 30.3 Å². The van der Waals surface area contributed by atoms with Crippen molar-refractivity contribution in [2.75, 3.05) is 20.7 Å². The van der Waals surface area contributed by atoms with Gasteiger partial charge in [0, 0.05) is 30.5 Å². The maximum atomic E-state index is 15.3. The van der Waals surface area contributed by atoms with Gasteiger partial charge in [0.05, 0.1) is 23.1 Å². The normalized spacial score (nSPS) is 22.4. The van der Waals surface area contributed by atoms with Gasteiger partial charge >= 0.3 is 18.3 Å². The first-order chi connectivity index (χ1) is 20.6. The van der Waals surface area contributed by atoms with E-state index in [0.29, 0.717) is 34.7 Å². The van der Waals surface area contributed by atoms with Crippen LogP contribution in [-0.4, -0.2) is 69.1 Å². The van der Waals surface area contributed by atoms with Crippen LogP contribution in [0.5, 0.6) is 0 Å². The summed E-state index contributed by atoms with van der Waals surface area (Å²) in [6, 6.07) is 5.62. The zero-order valence-corrected chi connectivity index (χ0v) is 24.5. The number of nitrogens with zero attached hydrogens (tertiary/aromatic N) is 2. The summed E-state index contributed by atoms with van der Waals surface area (Å²) in [6.07, 6.45) is -13.2. The van der Waals surface area contributed by atoms with Crippen LogP contribution in [-0.2, 0) is 24.3 Å². The molecule has 1 aliphatic rings. The van der Waals surface area contributed by atoms with Crippen molar-refractivity contribution in [1.82, 2.24) is 4.90 Å². The predicted octanol–water partition coefficient (Wildman–Crippen LogP) is 4.91. The molecule has 0 saturated heterocycles. The number of carbonyl (C=O) groups excluding carboxylic acids is 2. The largest absolute Gasteiger partial charge is 0.462 e.